The molecule has 3 nitrogen and oxygen atoms in total. The second kappa shape index (κ2) is 3.34. The largest absolute Gasteiger partial charge is 0.461 e. The van der Waals surface area contributed by atoms with E-state index in [1.807, 2.05) is 0 Å². The van der Waals surface area contributed by atoms with E-state index >= 15 is 0 Å². The Hall–Kier alpha value is -1.09. The van der Waals surface area contributed by atoms with Crippen LogP contribution in [0.3, 0.4) is 0 Å². The normalized spacial score (nSPS) is 12.9. The molecule has 0 saturated heterocycles. The van der Waals surface area contributed by atoms with Gasteiger partial charge in [-0.3, -0.25) is 4.79 Å². The SMILES string of the molecule is C[C@@H](O)CC(=O)c1ccco1. The van der Waals surface area contributed by atoms with Gasteiger partial charge >= 0.3 is 0 Å². The molecule has 0 unspecified atom stereocenters. The summed E-state index contributed by atoms with van der Waals surface area (Å²) in [6, 6.07) is 3.24. The van der Waals surface area contributed by atoms with Crippen molar-refractivity contribution in [2.45, 2.75) is 19.4 Å². The minimum atomic E-state index is -0.604. The van der Waals surface area contributed by atoms with Gasteiger partial charge in [0.1, 0.15) is 0 Å². The standard InChI is InChI=1S/C8H10O3/c1-6(9)5-7(10)8-3-2-4-11-8/h2-4,6,9H,5H2,1H3/t6-/m1/s1. The van der Waals surface area contributed by atoms with Gasteiger partial charge in [-0.15, -0.1) is 0 Å². The van der Waals surface area contributed by atoms with Gasteiger partial charge in [-0.25, -0.2) is 0 Å². The Morgan fingerprint density at radius 3 is 3.00 bits per heavy atom. The fourth-order valence-electron chi connectivity index (χ4n) is 0.806. The lowest BCUT2D eigenvalue weighted by Gasteiger charge is -1.98. The smallest absolute Gasteiger partial charge is 0.200 e. The molecule has 0 aliphatic rings. The summed E-state index contributed by atoms with van der Waals surface area (Å²) in [6.07, 6.45) is 0.954. The van der Waals surface area contributed by atoms with Crippen LogP contribution in [0.2, 0.25) is 0 Å². The molecule has 0 saturated carbocycles. The summed E-state index contributed by atoms with van der Waals surface area (Å²) >= 11 is 0. The van der Waals surface area contributed by atoms with E-state index in [1.54, 1.807) is 19.1 Å². The van der Waals surface area contributed by atoms with Crippen LogP contribution in [-0.4, -0.2) is 17.0 Å². The number of carbonyl (C=O) groups is 1. The molecule has 0 fully saturated rings. The fourth-order valence-corrected chi connectivity index (χ4v) is 0.806. The highest BCUT2D eigenvalue weighted by molar-refractivity contribution is 5.93. The maximum atomic E-state index is 11.1. The van der Waals surface area contributed by atoms with Crippen molar-refractivity contribution in [3.05, 3.63) is 24.2 Å². The molecule has 1 N–H and O–H groups in total. The van der Waals surface area contributed by atoms with Crippen LogP contribution in [0.25, 0.3) is 0 Å². The minimum absolute atomic E-state index is 0.119. The van der Waals surface area contributed by atoms with Crippen molar-refractivity contribution in [2.75, 3.05) is 0 Å². The van der Waals surface area contributed by atoms with E-state index in [4.69, 9.17) is 9.52 Å². The van der Waals surface area contributed by atoms with Crippen LogP contribution >= 0.6 is 0 Å². The third-order valence-electron chi connectivity index (χ3n) is 1.28. The van der Waals surface area contributed by atoms with Gasteiger partial charge in [0.25, 0.3) is 0 Å². The zero-order valence-corrected chi connectivity index (χ0v) is 6.28. The first kappa shape index (κ1) is 8.01. The maximum Gasteiger partial charge on any atom is 0.200 e. The third kappa shape index (κ3) is 2.20. The Morgan fingerprint density at radius 1 is 1.82 bits per heavy atom. The molecule has 0 aromatic carbocycles. The number of ketones is 1. The molecule has 11 heavy (non-hydrogen) atoms. The number of Topliss-reactive ketones (excluding diaryl/α,β-unsaturated/α-hetero) is 1. The van der Waals surface area contributed by atoms with E-state index in [-0.39, 0.29) is 12.2 Å². The van der Waals surface area contributed by atoms with Gasteiger partial charge in [0.2, 0.25) is 5.78 Å². The van der Waals surface area contributed by atoms with E-state index < -0.39 is 6.10 Å². The van der Waals surface area contributed by atoms with E-state index in [9.17, 15) is 4.79 Å². The van der Waals surface area contributed by atoms with Crippen LogP contribution in [0.1, 0.15) is 23.9 Å². The first-order chi connectivity index (χ1) is 5.20. The predicted octanol–water partition coefficient (Wildman–Crippen LogP) is 1.23. The molecule has 0 spiro atoms. The highest BCUT2D eigenvalue weighted by Crippen LogP contribution is 2.05. The van der Waals surface area contributed by atoms with Gasteiger partial charge < -0.3 is 9.52 Å². The highest BCUT2D eigenvalue weighted by Gasteiger charge is 2.10. The molecule has 0 aliphatic carbocycles. The number of carbonyl (C=O) groups excluding carboxylic acids is 1. The predicted molar refractivity (Wildman–Crippen MR) is 39.3 cm³/mol. The van der Waals surface area contributed by atoms with E-state index in [0.717, 1.165) is 0 Å². The van der Waals surface area contributed by atoms with E-state index in [2.05, 4.69) is 0 Å². The van der Waals surface area contributed by atoms with Crippen molar-refractivity contribution in [3.63, 3.8) is 0 Å². The lowest BCUT2D eigenvalue weighted by Crippen LogP contribution is -2.08. The summed E-state index contributed by atoms with van der Waals surface area (Å²) in [5.41, 5.74) is 0. The zero-order valence-electron chi connectivity index (χ0n) is 6.28. The lowest BCUT2D eigenvalue weighted by atomic mass is 10.2. The van der Waals surface area contributed by atoms with E-state index in [1.165, 1.54) is 6.26 Å². The average Bonchev–Trinajstić information content (AvgIpc) is 2.35. The van der Waals surface area contributed by atoms with Gasteiger partial charge in [-0.2, -0.15) is 0 Å². The van der Waals surface area contributed by atoms with Crippen LogP contribution in [0, 0.1) is 0 Å². The van der Waals surface area contributed by atoms with Gasteiger partial charge in [-0.1, -0.05) is 0 Å². The molecule has 0 amide bonds. The Morgan fingerprint density at radius 2 is 2.55 bits per heavy atom. The molecule has 1 aromatic rings. The molecule has 3 heteroatoms. The van der Waals surface area contributed by atoms with Crippen molar-refractivity contribution < 1.29 is 14.3 Å². The molecule has 0 aliphatic heterocycles. The Kier molecular flexibility index (Phi) is 2.44. The molecule has 0 bridgehead atoms. The van der Waals surface area contributed by atoms with Gasteiger partial charge in [0.05, 0.1) is 12.4 Å². The minimum Gasteiger partial charge on any atom is -0.461 e. The summed E-state index contributed by atoms with van der Waals surface area (Å²) < 4.78 is 4.84. The fraction of sp³-hybridized carbons (Fsp3) is 0.375. The highest BCUT2D eigenvalue weighted by atomic mass is 16.3. The van der Waals surface area contributed by atoms with Crippen LogP contribution in [0.4, 0.5) is 0 Å². The van der Waals surface area contributed by atoms with Crippen molar-refractivity contribution >= 4 is 5.78 Å². The first-order valence-corrected chi connectivity index (χ1v) is 3.45. The molecule has 1 heterocycles. The van der Waals surface area contributed by atoms with Gasteiger partial charge in [0.15, 0.2) is 5.76 Å². The third-order valence-corrected chi connectivity index (χ3v) is 1.28. The number of aliphatic hydroxyl groups is 1. The topological polar surface area (TPSA) is 50.4 Å². The van der Waals surface area contributed by atoms with Crippen molar-refractivity contribution in [3.8, 4) is 0 Å². The summed E-state index contributed by atoms with van der Waals surface area (Å²) in [5.74, 6) is 0.149. The maximum absolute atomic E-state index is 11.1. The lowest BCUT2D eigenvalue weighted by molar-refractivity contribution is 0.0874. The molecule has 1 aromatic heterocycles. The number of rotatable bonds is 3. The molecule has 60 valence electrons. The van der Waals surface area contributed by atoms with Crippen molar-refractivity contribution in [1.82, 2.24) is 0 Å². The van der Waals surface area contributed by atoms with E-state index in [0.29, 0.717) is 5.76 Å². The summed E-state index contributed by atoms with van der Waals surface area (Å²) in [5, 5.41) is 8.86. The number of aliphatic hydroxyl groups excluding tert-OH is 1. The molecular weight excluding hydrogens is 144 g/mol. The molecule has 0 radical (unpaired) electrons. The Bertz CT molecular complexity index is 223. The van der Waals surface area contributed by atoms with Crippen molar-refractivity contribution in [2.24, 2.45) is 0 Å². The van der Waals surface area contributed by atoms with Crippen LogP contribution in [-0.2, 0) is 0 Å². The second-order valence-electron chi connectivity index (χ2n) is 2.45. The number of hydrogen-bond donors (Lipinski definition) is 1. The number of hydrogen-bond acceptors (Lipinski definition) is 3. The summed E-state index contributed by atoms with van der Waals surface area (Å²) in [7, 11) is 0. The van der Waals surface area contributed by atoms with Crippen molar-refractivity contribution in [1.29, 1.82) is 0 Å². The molecule has 1 atom stereocenters. The Balaban J connectivity index is 2.57. The van der Waals surface area contributed by atoms with Gasteiger partial charge in [-0.05, 0) is 19.1 Å². The average molecular weight is 154 g/mol. The quantitative estimate of drug-likeness (QED) is 0.666. The Labute approximate surface area is 64.6 Å². The number of furan rings is 1. The molecular formula is C8H10O3. The monoisotopic (exact) mass is 154 g/mol. The second-order valence-corrected chi connectivity index (χ2v) is 2.45. The van der Waals surface area contributed by atoms with Crippen LogP contribution in [0.15, 0.2) is 22.8 Å². The molecule has 1 rings (SSSR count). The van der Waals surface area contributed by atoms with Crippen LogP contribution < -0.4 is 0 Å². The van der Waals surface area contributed by atoms with Gasteiger partial charge in [0, 0.05) is 6.42 Å². The summed E-state index contributed by atoms with van der Waals surface area (Å²) in [4.78, 5) is 11.1. The van der Waals surface area contributed by atoms with Crippen LogP contribution in [0.5, 0.6) is 0 Å². The summed E-state index contributed by atoms with van der Waals surface area (Å²) in [6.45, 7) is 1.57. The zero-order chi connectivity index (χ0) is 8.27. The first-order valence-electron chi connectivity index (χ1n) is 3.45.